The van der Waals surface area contributed by atoms with E-state index in [0.717, 1.165) is 0 Å². The molecule has 0 aliphatic carbocycles. The molecule has 0 aromatic heterocycles. The highest BCUT2D eigenvalue weighted by atomic mass is 16.3. The van der Waals surface area contributed by atoms with E-state index in [-0.39, 0.29) is 11.3 Å². The van der Waals surface area contributed by atoms with Crippen LogP contribution in [0, 0.1) is 0 Å². The number of hydrogen-bond acceptors (Lipinski definition) is 4. The first-order valence-electron chi connectivity index (χ1n) is 5.70. The molecule has 4 nitrogen and oxygen atoms in total. The summed E-state index contributed by atoms with van der Waals surface area (Å²) in [5.41, 5.74) is -1.19. The number of carbonyl (C=O) groups is 1. The predicted molar refractivity (Wildman–Crippen MR) is 66.5 cm³/mol. The molecule has 0 aromatic rings. The topological polar surface area (TPSA) is 62.0 Å². The normalized spacial score (nSPS) is 15.2. The van der Waals surface area contributed by atoms with Crippen LogP contribution in [0.5, 0.6) is 0 Å². The Kier molecular flexibility index (Phi) is 8.25. The van der Waals surface area contributed by atoms with Gasteiger partial charge in [-0.25, -0.2) is 0 Å². The van der Waals surface area contributed by atoms with Crippen molar-refractivity contribution >= 4 is 5.78 Å². The van der Waals surface area contributed by atoms with Gasteiger partial charge in [0, 0.05) is 6.42 Å². The summed E-state index contributed by atoms with van der Waals surface area (Å²) in [7, 11) is 0. The van der Waals surface area contributed by atoms with E-state index in [1.165, 1.54) is 0 Å². The first kappa shape index (κ1) is 17.6. The average Bonchev–Trinajstić information content (AvgIpc) is 2.15. The van der Waals surface area contributed by atoms with E-state index in [0.29, 0.717) is 12.8 Å². The van der Waals surface area contributed by atoms with E-state index in [9.17, 15) is 9.90 Å². The van der Waals surface area contributed by atoms with Crippen LogP contribution in [0.3, 0.4) is 0 Å². The summed E-state index contributed by atoms with van der Waals surface area (Å²) in [6, 6.07) is 0. The van der Waals surface area contributed by atoms with Crippen molar-refractivity contribution in [1.29, 1.82) is 0 Å². The molecule has 0 amide bonds. The smallest absolute Gasteiger partial charge is 0.172 e. The molecule has 0 rings (SSSR count). The van der Waals surface area contributed by atoms with Crippen molar-refractivity contribution in [1.82, 2.24) is 0 Å². The Labute approximate surface area is 99.2 Å². The summed E-state index contributed by atoms with van der Waals surface area (Å²) in [6.07, 6.45) is 1.26. The molecule has 16 heavy (non-hydrogen) atoms. The van der Waals surface area contributed by atoms with Crippen molar-refractivity contribution in [2.75, 3.05) is 0 Å². The van der Waals surface area contributed by atoms with Gasteiger partial charge >= 0.3 is 0 Å². The molecule has 0 spiro atoms. The van der Waals surface area contributed by atoms with Crippen LogP contribution in [0.4, 0.5) is 0 Å². The summed E-state index contributed by atoms with van der Waals surface area (Å²) in [5.74, 6) is 0.255. The van der Waals surface area contributed by atoms with Crippen LogP contribution in [-0.2, 0) is 4.79 Å². The minimum Gasteiger partial charge on any atom is -0.368 e. The summed E-state index contributed by atoms with van der Waals surface area (Å²) in [5, 5.41) is 17.2. The van der Waals surface area contributed by atoms with Gasteiger partial charge in [0.2, 0.25) is 0 Å². The fourth-order valence-corrected chi connectivity index (χ4v) is 0.328. The number of nitrogens with zero attached hydrogens (tertiary/aromatic N) is 2. The molecule has 1 unspecified atom stereocenters. The van der Waals surface area contributed by atoms with E-state index in [4.69, 9.17) is 0 Å². The first-order valence-corrected chi connectivity index (χ1v) is 5.70. The van der Waals surface area contributed by atoms with E-state index < -0.39 is 5.72 Å². The lowest BCUT2D eigenvalue weighted by Crippen LogP contribution is -2.20. The zero-order valence-corrected chi connectivity index (χ0v) is 11.7. The molecule has 1 N–H and O–H groups in total. The zero-order chi connectivity index (χ0) is 13.4. The lowest BCUT2D eigenvalue weighted by Gasteiger charge is -2.17. The average molecular weight is 230 g/mol. The molecule has 0 heterocycles. The molecule has 0 radical (unpaired) electrons. The molecule has 0 aliphatic heterocycles. The molecule has 0 saturated carbocycles. The summed E-state index contributed by atoms with van der Waals surface area (Å²) < 4.78 is 0. The maximum absolute atomic E-state index is 9.81. The summed E-state index contributed by atoms with van der Waals surface area (Å²) in [4.78, 5) is 9.81. The van der Waals surface area contributed by atoms with Crippen LogP contribution >= 0.6 is 0 Å². The Balaban J connectivity index is 0. The minimum atomic E-state index is -0.993. The van der Waals surface area contributed by atoms with Crippen LogP contribution < -0.4 is 0 Å². The monoisotopic (exact) mass is 230 g/mol. The van der Waals surface area contributed by atoms with E-state index in [1.54, 1.807) is 13.8 Å². The SMILES string of the molecule is CCC(C)(O)/N=N/C(C)(C)C.CCC(C)=O. The van der Waals surface area contributed by atoms with E-state index in [1.807, 2.05) is 34.6 Å². The van der Waals surface area contributed by atoms with Crippen molar-refractivity contribution in [3.05, 3.63) is 0 Å². The molecule has 0 aliphatic rings. The molecule has 1 atom stereocenters. The second-order valence-electron chi connectivity index (χ2n) is 5.00. The number of aliphatic hydroxyl groups is 1. The number of rotatable bonds is 3. The number of hydrogen-bond donors (Lipinski definition) is 1. The quantitative estimate of drug-likeness (QED) is 0.756. The minimum absolute atomic E-state index is 0.195. The highest BCUT2D eigenvalue weighted by molar-refractivity contribution is 5.74. The largest absolute Gasteiger partial charge is 0.368 e. The Morgan fingerprint density at radius 2 is 1.50 bits per heavy atom. The summed E-state index contributed by atoms with van der Waals surface area (Å²) >= 11 is 0. The third-order valence-electron chi connectivity index (χ3n) is 1.73. The Morgan fingerprint density at radius 3 is 1.69 bits per heavy atom. The van der Waals surface area contributed by atoms with Gasteiger partial charge in [0.1, 0.15) is 5.78 Å². The van der Waals surface area contributed by atoms with Gasteiger partial charge < -0.3 is 9.90 Å². The maximum atomic E-state index is 9.81. The van der Waals surface area contributed by atoms with Crippen molar-refractivity contribution < 1.29 is 9.90 Å². The van der Waals surface area contributed by atoms with Gasteiger partial charge in [0.25, 0.3) is 0 Å². The molecule has 96 valence electrons. The maximum Gasteiger partial charge on any atom is 0.172 e. The van der Waals surface area contributed by atoms with Crippen molar-refractivity contribution in [3.63, 3.8) is 0 Å². The third-order valence-corrected chi connectivity index (χ3v) is 1.73. The second kappa shape index (κ2) is 7.49. The molecule has 0 saturated heterocycles. The molecule has 4 heteroatoms. The van der Waals surface area contributed by atoms with Gasteiger partial charge in [-0.3, -0.25) is 0 Å². The fraction of sp³-hybridized carbons (Fsp3) is 0.917. The van der Waals surface area contributed by atoms with Gasteiger partial charge in [-0.05, 0) is 41.0 Å². The Morgan fingerprint density at radius 1 is 1.12 bits per heavy atom. The van der Waals surface area contributed by atoms with Crippen LogP contribution in [0.25, 0.3) is 0 Å². The fourth-order valence-electron chi connectivity index (χ4n) is 0.328. The predicted octanol–water partition coefficient (Wildman–Crippen LogP) is 3.34. The standard InChI is InChI=1S/C8H18N2O.C4H8O/c1-6-8(5,11)10-9-7(2,3)4;1-3-4(2)5/h11H,6H2,1-5H3;3H2,1-2H3/b10-9+;. The van der Waals surface area contributed by atoms with E-state index in [2.05, 4.69) is 10.2 Å². The van der Waals surface area contributed by atoms with Crippen LogP contribution in [-0.4, -0.2) is 22.2 Å². The van der Waals surface area contributed by atoms with Crippen molar-refractivity contribution in [2.45, 2.75) is 72.6 Å². The van der Waals surface area contributed by atoms with Gasteiger partial charge in [0.15, 0.2) is 5.72 Å². The Bertz CT molecular complexity index is 228. The van der Waals surface area contributed by atoms with Crippen molar-refractivity contribution in [2.24, 2.45) is 10.2 Å². The summed E-state index contributed by atoms with van der Waals surface area (Å²) in [6.45, 7) is 12.8. The lowest BCUT2D eigenvalue weighted by atomic mass is 10.1. The van der Waals surface area contributed by atoms with Gasteiger partial charge in [-0.15, -0.1) is 0 Å². The highest BCUT2D eigenvalue weighted by Crippen LogP contribution is 2.15. The van der Waals surface area contributed by atoms with Crippen LogP contribution in [0.2, 0.25) is 0 Å². The Hall–Kier alpha value is -0.770. The number of azo groups is 1. The third kappa shape index (κ3) is 15.7. The van der Waals surface area contributed by atoms with Gasteiger partial charge in [0.05, 0.1) is 5.54 Å². The molecular weight excluding hydrogens is 204 g/mol. The molecular formula is C12H26N2O2. The molecule has 0 aromatic carbocycles. The number of ketones is 1. The van der Waals surface area contributed by atoms with Gasteiger partial charge in [-0.2, -0.15) is 10.2 Å². The first-order chi connectivity index (χ1) is 7.04. The highest BCUT2D eigenvalue weighted by Gasteiger charge is 2.17. The number of carbonyl (C=O) groups excluding carboxylic acids is 1. The second-order valence-corrected chi connectivity index (χ2v) is 5.00. The number of Topliss-reactive ketones (excluding diaryl/α,β-unsaturated/α-hetero) is 1. The van der Waals surface area contributed by atoms with E-state index >= 15 is 0 Å². The lowest BCUT2D eigenvalue weighted by molar-refractivity contribution is -0.116. The van der Waals surface area contributed by atoms with Crippen LogP contribution in [0.1, 0.15) is 61.3 Å². The zero-order valence-electron chi connectivity index (χ0n) is 11.7. The molecule has 0 fully saturated rings. The van der Waals surface area contributed by atoms with Crippen molar-refractivity contribution in [3.8, 4) is 0 Å². The van der Waals surface area contributed by atoms with Crippen LogP contribution in [0.15, 0.2) is 10.2 Å². The van der Waals surface area contributed by atoms with Gasteiger partial charge in [-0.1, -0.05) is 13.8 Å². The molecule has 0 bridgehead atoms.